The first-order valence-electron chi connectivity index (χ1n) is 5.25. The summed E-state index contributed by atoms with van der Waals surface area (Å²) in [6.45, 7) is 0.0501. The Morgan fingerprint density at radius 1 is 1.42 bits per heavy atom. The molecule has 0 saturated heterocycles. The minimum atomic E-state index is -3.69. The Kier molecular flexibility index (Phi) is 4.23. The van der Waals surface area contributed by atoms with Crippen molar-refractivity contribution in [2.75, 3.05) is 7.11 Å². The van der Waals surface area contributed by atoms with Gasteiger partial charge in [0, 0.05) is 10.5 Å². The average Bonchev–Trinajstić information content (AvgIpc) is 2.89. The van der Waals surface area contributed by atoms with Crippen LogP contribution >= 0.6 is 15.9 Å². The molecule has 0 spiro atoms. The van der Waals surface area contributed by atoms with E-state index in [1.54, 1.807) is 18.2 Å². The van der Waals surface area contributed by atoms with Crippen LogP contribution in [0, 0.1) is 0 Å². The lowest BCUT2D eigenvalue weighted by molar-refractivity contribution is 0.401. The number of ether oxygens (including phenoxy) is 1. The summed E-state index contributed by atoms with van der Waals surface area (Å²) in [7, 11) is -2.27. The summed E-state index contributed by atoms with van der Waals surface area (Å²) >= 11 is 3.23. The molecule has 0 saturated carbocycles. The number of benzene rings is 1. The zero-order valence-electron chi connectivity index (χ0n) is 9.96. The molecule has 1 aromatic heterocycles. The number of aromatic nitrogens is 1. The Morgan fingerprint density at radius 2 is 2.21 bits per heavy atom. The molecule has 1 N–H and O–H groups in total. The first-order chi connectivity index (χ1) is 9.03. The summed E-state index contributed by atoms with van der Waals surface area (Å²) in [4.78, 5) is 0.0628. The molecule has 0 fully saturated rings. The van der Waals surface area contributed by atoms with E-state index in [0.717, 1.165) is 0 Å². The molecule has 0 amide bonds. The van der Waals surface area contributed by atoms with E-state index in [-0.39, 0.29) is 17.2 Å². The lowest BCUT2D eigenvalue weighted by Crippen LogP contribution is -2.24. The van der Waals surface area contributed by atoms with E-state index < -0.39 is 10.0 Å². The number of rotatable bonds is 5. The molecule has 6 nitrogen and oxygen atoms in total. The maximum atomic E-state index is 12.2. The lowest BCUT2D eigenvalue weighted by atomic mass is 10.3. The number of methoxy groups -OCH3 is 1. The highest BCUT2D eigenvalue weighted by Crippen LogP contribution is 2.27. The van der Waals surface area contributed by atoms with Gasteiger partial charge in [-0.3, -0.25) is 0 Å². The molecule has 0 aliphatic rings. The Hall–Kier alpha value is -1.38. The van der Waals surface area contributed by atoms with E-state index in [0.29, 0.717) is 10.2 Å². The van der Waals surface area contributed by atoms with E-state index >= 15 is 0 Å². The molecule has 102 valence electrons. The van der Waals surface area contributed by atoms with Crippen molar-refractivity contribution >= 4 is 26.0 Å². The molecule has 0 bridgehead atoms. The molecular formula is C11H11BrN2O4S. The fourth-order valence-electron chi connectivity index (χ4n) is 1.44. The second kappa shape index (κ2) is 5.72. The van der Waals surface area contributed by atoms with Crippen LogP contribution in [0.4, 0.5) is 0 Å². The van der Waals surface area contributed by atoms with Gasteiger partial charge in [0.2, 0.25) is 10.0 Å². The van der Waals surface area contributed by atoms with Gasteiger partial charge in [0.15, 0.2) is 0 Å². The van der Waals surface area contributed by atoms with Crippen LogP contribution in [0.1, 0.15) is 5.69 Å². The normalized spacial score (nSPS) is 11.5. The Balaban J connectivity index is 2.26. The van der Waals surface area contributed by atoms with Crippen LogP contribution < -0.4 is 9.46 Å². The fourth-order valence-corrected chi connectivity index (χ4v) is 3.14. The predicted octanol–water partition coefficient (Wildman–Crippen LogP) is 1.92. The van der Waals surface area contributed by atoms with E-state index in [4.69, 9.17) is 4.74 Å². The third-order valence-corrected chi connectivity index (χ3v) is 4.27. The molecule has 0 aliphatic carbocycles. The van der Waals surface area contributed by atoms with Gasteiger partial charge in [-0.05, 0) is 18.2 Å². The summed E-state index contributed by atoms with van der Waals surface area (Å²) in [6.07, 6.45) is 1.38. The SMILES string of the molecule is COc1ccc(Br)cc1S(=O)(=O)NCc1ccon1. The number of hydrogen-bond acceptors (Lipinski definition) is 5. The van der Waals surface area contributed by atoms with Crippen LogP contribution in [0.3, 0.4) is 0 Å². The summed E-state index contributed by atoms with van der Waals surface area (Å²) < 4.78 is 37.1. The minimum absolute atomic E-state index is 0.0501. The number of nitrogens with zero attached hydrogens (tertiary/aromatic N) is 1. The number of nitrogens with one attached hydrogen (secondary N) is 1. The van der Waals surface area contributed by atoms with Gasteiger partial charge in [0.1, 0.15) is 16.9 Å². The van der Waals surface area contributed by atoms with E-state index in [2.05, 4.69) is 30.3 Å². The fraction of sp³-hybridized carbons (Fsp3) is 0.182. The first-order valence-corrected chi connectivity index (χ1v) is 7.53. The maximum absolute atomic E-state index is 12.2. The van der Waals surface area contributed by atoms with Crippen molar-refractivity contribution < 1.29 is 17.7 Å². The zero-order chi connectivity index (χ0) is 13.9. The van der Waals surface area contributed by atoms with Crippen LogP contribution in [-0.4, -0.2) is 20.7 Å². The maximum Gasteiger partial charge on any atom is 0.244 e. The Bertz CT molecular complexity index is 655. The molecule has 1 heterocycles. The van der Waals surface area contributed by atoms with Crippen molar-refractivity contribution in [3.63, 3.8) is 0 Å². The van der Waals surface area contributed by atoms with Crippen molar-refractivity contribution in [3.8, 4) is 5.75 Å². The highest BCUT2D eigenvalue weighted by Gasteiger charge is 2.20. The van der Waals surface area contributed by atoms with Gasteiger partial charge >= 0.3 is 0 Å². The van der Waals surface area contributed by atoms with Gasteiger partial charge in [0.25, 0.3) is 0 Å². The number of hydrogen-bond donors (Lipinski definition) is 1. The van der Waals surface area contributed by atoms with Crippen LogP contribution in [0.5, 0.6) is 5.75 Å². The largest absolute Gasteiger partial charge is 0.495 e. The lowest BCUT2D eigenvalue weighted by Gasteiger charge is -2.10. The van der Waals surface area contributed by atoms with Crippen molar-refractivity contribution in [2.24, 2.45) is 0 Å². The summed E-state index contributed by atoms with van der Waals surface area (Å²) in [5.41, 5.74) is 0.498. The minimum Gasteiger partial charge on any atom is -0.495 e. The second-order valence-corrected chi connectivity index (χ2v) is 6.26. The van der Waals surface area contributed by atoms with Gasteiger partial charge < -0.3 is 9.26 Å². The molecule has 2 rings (SSSR count). The van der Waals surface area contributed by atoms with Crippen LogP contribution in [0.25, 0.3) is 0 Å². The van der Waals surface area contributed by atoms with Gasteiger partial charge in [-0.2, -0.15) is 0 Å². The quantitative estimate of drug-likeness (QED) is 0.894. The van der Waals surface area contributed by atoms with Crippen molar-refractivity contribution in [2.45, 2.75) is 11.4 Å². The van der Waals surface area contributed by atoms with Crippen LogP contribution in [0.2, 0.25) is 0 Å². The highest BCUT2D eigenvalue weighted by atomic mass is 79.9. The summed E-state index contributed by atoms with van der Waals surface area (Å²) in [5.74, 6) is 0.274. The number of sulfonamides is 1. The van der Waals surface area contributed by atoms with Crippen molar-refractivity contribution in [1.29, 1.82) is 0 Å². The van der Waals surface area contributed by atoms with E-state index in [9.17, 15) is 8.42 Å². The topological polar surface area (TPSA) is 81.4 Å². The molecule has 1 aromatic carbocycles. The van der Waals surface area contributed by atoms with Gasteiger partial charge in [-0.15, -0.1) is 0 Å². The van der Waals surface area contributed by atoms with Gasteiger partial charge in [-0.1, -0.05) is 21.1 Å². The molecule has 19 heavy (non-hydrogen) atoms. The average molecular weight is 347 g/mol. The van der Waals surface area contributed by atoms with Gasteiger partial charge in [-0.25, -0.2) is 13.1 Å². The number of halogens is 1. The molecule has 0 unspecified atom stereocenters. The van der Waals surface area contributed by atoms with Gasteiger partial charge in [0.05, 0.1) is 19.3 Å². The van der Waals surface area contributed by atoms with Crippen LogP contribution in [0.15, 0.2) is 44.4 Å². The molecule has 2 aromatic rings. The molecule has 8 heteroatoms. The molecule has 0 aliphatic heterocycles. The second-order valence-electron chi connectivity index (χ2n) is 3.61. The predicted molar refractivity (Wildman–Crippen MR) is 71.2 cm³/mol. The smallest absolute Gasteiger partial charge is 0.244 e. The standard InChI is InChI=1S/C11H11BrN2O4S/c1-17-10-3-2-8(12)6-11(10)19(15,16)13-7-9-4-5-18-14-9/h2-6,13H,7H2,1H3. The Labute approximate surface area is 118 Å². The third kappa shape index (κ3) is 3.34. The monoisotopic (exact) mass is 346 g/mol. The van der Waals surface area contributed by atoms with Crippen molar-refractivity contribution in [1.82, 2.24) is 9.88 Å². The zero-order valence-corrected chi connectivity index (χ0v) is 12.4. The van der Waals surface area contributed by atoms with E-state index in [1.807, 2.05) is 0 Å². The highest BCUT2D eigenvalue weighted by molar-refractivity contribution is 9.10. The molecular weight excluding hydrogens is 336 g/mol. The van der Waals surface area contributed by atoms with Crippen LogP contribution in [-0.2, 0) is 16.6 Å². The first kappa shape index (κ1) is 14.0. The molecule has 0 atom stereocenters. The third-order valence-electron chi connectivity index (χ3n) is 2.35. The van der Waals surface area contributed by atoms with Crippen molar-refractivity contribution in [3.05, 3.63) is 40.7 Å². The summed E-state index contributed by atoms with van der Waals surface area (Å²) in [5, 5.41) is 3.63. The summed E-state index contributed by atoms with van der Waals surface area (Å²) in [6, 6.07) is 6.34. The Morgan fingerprint density at radius 3 is 2.84 bits per heavy atom. The van der Waals surface area contributed by atoms with E-state index in [1.165, 1.54) is 19.4 Å². The molecule has 0 radical (unpaired) electrons.